The van der Waals surface area contributed by atoms with E-state index in [1.807, 2.05) is 11.5 Å². The molecule has 0 aromatic heterocycles. The number of hydrazine groups is 1. The maximum Gasteiger partial charge on any atom is 0.277 e. The standard InChI is InChI=1S/C7H10N4O/c8-4-5(7(12)11-9)6-2-1-3-10-6/h10H,1-3,9H2,(H,11,12)/b6-5-. The number of hydrogen-bond acceptors (Lipinski definition) is 4. The van der Waals surface area contributed by atoms with E-state index in [1.54, 1.807) is 0 Å². The van der Waals surface area contributed by atoms with Gasteiger partial charge in [-0.15, -0.1) is 0 Å². The molecular weight excluding hydrogens is 156 g/mol. The van der Waals surface area contributed by atoms with Gasteiger partial charge in [0.1, 0.15) is 11.6 Å². The van der Waals surface area contributed by atoms with Crippen molar-refractivity contribution in [3.63, 3.8) is 0 Å². The van der Waals surface area contributed by atoms with Crippen LogP contribution in [0.2, 0.25) is 0 Å². The molecule has 0 saturated carbocycles. The van der Waals surface area contributed by atoms with Crippen molar-refractivity contribution in [2.75, 3.05) is 6.54 Å². The molecule has 0 aromatic carbocycles. The molecule has 4 N–H and O–H groups in total. The molecule has 0 atom stereocenters. The fourth-order valence-electron chi connectivity index (χ4n) is 1.13. The first-order valence-corrected chi connectivity index (χ1v) is 3.67. The zero-order chi connectivity index (χ0) is 8.97. The zero-order valence-corrected chi connectivity index (χ0v) is 6.55. The van der Waals surface area contributed by atoms with Crippen molar-refractivity contribution in [1.29, 1.82) is 5.26 Å². The van der Waals surface area contributed by atoms with Gasteiger partial charge in [0.2, 0.25) is 0 Å². The molecule has 0 bridgehead atoms. The van der Waals surface area contributed by atoms with E-state index in [1.165, 1.54) is 0 Å². The second-order valence-corrected chi connectivity index (χ2v) is 2.47. The molecule has 0 unspecified atom stereocenters. The molecule has 1 saturated heterocycles. The lowest BCUT2D eigenvalue weighted by Crippen LogP contribution is -2.32. The van der Waals surface area contributed by atoms with Gasteiger partial charge in [0.25, 0.3) is 5.91 Å². The van der Waals surface area contributed by atoms with E-state index >= 15 is 0 Å². The van der Waals surface area contributed by atoms with Crippen molar-refractivity contribution in [3.8, 4) is 6.07 Å². The van der Waals surface area contributed by atoms with E-state index in [-0.39, 0.29) is 5.57 Å². The number of rotatable bonds is 1. The van der Waals surface area contributed by atoms with Gasteiger partial charge in [0, 0.05) is 12.2 Å². The number of nitrogens with one attached hydrogen (secondary N) is 2. The van der Waals surface area contributed by atoms with Crippen molar-refractivity contribution in [2.24, 2.45) is 5.84 Å². The summed E-state index contributed by atoms with van der Waals surface area (Å²) in [7, 11) is 0. The predicted molar refractivity (Wildman–Crippen MR) is 42.2 cm³/mol. The highest BCUT2D eigenvalue weighted by atomic mass is 16.2. The lowest BCUT2D eigenvalue weighted by molar-refractivity contribution is -0.117. The summed E-state index contributed by atoms with van der Waals surface area (Å²) in [5.74, 6) is 4.38. The average Bonchev–Trinajstić information content (AvgIpc) is 2.58. The zero-order valence-electron chi connectivity index (χ0n) is 6.55. The van der Waals surface area contributed by atoms with E-state index in [2.05, 4.69) is 5.32 Å². The van der Waals surface area contributed by atoms with Gasteiger partial charge >= 0.3 is 0 Å². The fourth-order valence-corrected chi connectivity index (χ4v) is 1.13. The third-order valence-electron chi connectivity index (χ3n) is 1.71. The number of carbonyl (C=O) groups excluding carboxylic acids is 1. The smallest absolute Gasteiger partial charge is 0.277 e. The van der Waals surface area contributed by atoms with Gasteiger partial charge in [-0.3, -0.25) is 10.2 Å². The quantitative estimate of drug-likeness (QED) is 0.155. The molecule has 5 nitrogen and oxygen atoms in total. The Balaban J connectivity index is 2.86. The van der Waals surface area contributed by atoms with Crippen LogP contribution < -0.4 is 16.6 Å². The highest BCUT2D eigenvalue weighted by Gasteiger charge is 2.16. The van der Waals surface area contributed by atoms with E-state index in [0.29, 0.717) is 5.70 Å². The van der Waals surface area contributed by atoms with Crippen LogP contribution in [0.5, 0.6) is 0 Å². The lowest BCUT2D eigenvalue weighted by atomic mass is 10.2. The summed E-state index contributed by atoms with van der Waals surface area (Å²) in [4.78, 5) is 11.0. The Hall–Kier alpha value is -1.54. The second-order valence-electron chi connectivity index (χ2n) is 2.47. The van der Waals surface area contributed by atoms with Gasteiger partial charge in [-0.2, -0.15) is 5.26 Å². The van der Waals surface area contributed by atoms with Crippen LogP contribution in [0.15, 0.2) is 11.3 Å². The molecule has 1 heterocycles. The van der Waals surface area contributed by atoms with E-state index in [4.69, 9.17) is 11.1 Å². The highest BCUT2D eigenvalue weighted by Crippen LogP contribution is 2.13. The van der Waals surface area contributed by atoms with Gasteiger partial charge < -0.3 is 5.32 Å². The number of amides is 1. The van der Waals surface area contributed by atoms with Gasteiger partial charge in [0.05, 0.1) is 0 Å². The SMILES string of the molecule is N#C/C(C(=O)NN)=C1\CCCN1. The van der Waals surface area contributed by atoms with E-state index in [0.717, 1.165) is 19.4 Å². The van der Waals surface area contributed by atoms with Crippen LogP contribution in [0.1, 0.15) is 12.8 Å². The summed E-state index contributed by atoms with van der Waals surface area (Å²) in [6.45, 7) is 0.818. The van der Waals surface area contributed by atoms with Crippen molar-refractivity contribution >= 4 is 5.91 Å². The van der Waals surface area contributed by atoms with Gasteiger partial charge in [-0.05, 0) is 12.8 Å². The summed E-state index contributed by atoms with van der Waals surface area (Å²) in [6, 6.07) is 1.82. The minimum absolute atomic E-state index is 0.0926. The maximum absolute atomic E-state index is 11.0. The van der Waals surface area contributed by atoms with Gasteiger partial charge in [-0.25, -0.2) is 5.84 Å². The topological polar surface area (TPSA) is 90.9 Å². The van der Waals surface area contributed by atoms with Crippen molar-refractivity contribution < 1.29 is 4.79 Å². The molecule has 5 heteroatoms. The number of hydrogen-bond donors (Lipinski definition) is 3. The number of carbonyl (C=O) groups is 1. The van der Waals surface area contributed by atoms with Crippen LogP contribution in [0.4, 0.5) is 0 Å². The predicted octanol–water partition coefficient (Wildman–Crippen LogP) is -0.863. The van der Waals surface area contributed by atoms with Crippen molar-refractivity contribution in [1.82, 2.24) is 10.7 Å². The highest BCUT2D eigenvalue weighted by molar-refractivity contribution is 5.97. The first kappa shape index (κ1) is 8.56. The Kier molecular flexibility index (Phi) is 2.66. The summed E-state index contributed by atoms with van der Waals surface area (Å²) in [5, 5.41) is 11.6. The second kappa shape index (κ2) is 3.74. The largest absolute Gasteiger partial charge is 0.387 e. The Bertz CT molecular complexity index is 255. The summed E-state index contributed by atoms with van der Waals surface area (Å²) < 4.78 is 0. The average molecular weight is 166 g/mol. The monoisotopic (exact) mass is 166 g/mol. The van der Waals surface area contributed by atoms with Crippen LogP contribution in [-0.2, 0) is 4.79 Å². The van der Waals surface area contributed by atoms with Gasteiger partial charge in [0.15, 0.2) is 0 Å². The van der Waals surface area contributed by atoms with Crippen LogP contribution in [0.3, 0.4) is 0 Å². The first-order valence-electron chi connectivity index (χ1n) is 3.67. The van der Waals surface area contributed by atoms with Crippen molar-refractivity contribution in [2.45, 2.75) is 12.8 Å². The molecule has 0 aromatic rings. The summed E-state index contributed by atoms with van der Waals surface area (Å²) in [5.41, 5.74) is 2.72. The van der Waals surface area contributed by atoms with Crippen LogP contribution in [0, 0.1) is 11.3 Å². The minimum atomic E-state index is -0.526. The van der Waals surface area contributed by atoms with Crippen LogP contribution in [0.25, 0.3) is 0 Å². The Morgan fingerprint density at radius 1 is 1.75 bits per heavy atom. The number of allylic oxidation sites excluding steroid dienone is 1. The molecule has 0 spiro atoms. The normalized spacial score (nSPS) is 19.3. The van der Waals surface area contributed by atoms with Gasteiger partial charge in [-0.1, -0.05) is 0 Å². The Morgan fingerprint density at radius 2 is 2.50 bits per heavy atom. The molecule has 1 aliphatic rings. The van der Waals surface area contributed by atoms with E-state index < -0.39 is 5.91 Å². The van der Waals surface area contributed by atoms with E-state index in [9.17, 15) is 4.79 Å². The number of nitriles is 1. The molecule has 64 valence electrons. The Morgan fingerprint density at radius 3 is 2.92 bits per heavy atom. The molecule has 0 radical (unpaired) electrons. The molecule has 1 rings (SSSR count). The lowest BCUT2D eigenvalue weighted by Gasteiger charge is -2.01. The third-order valence-corrected chi connectivity index (χ3v) is 1.71. The van der Waals surface area contributed by atoms with Crippen LogP contribution >= 0.6 is 0 Å². The summed E-state index contributed by atoms with van der Waals surface area (Å²) in [6.07, 6.45) is 1.70. The molecule has 12 heavy (non-hydrogen) atoms. The first-order chi connectivity index (χ1) is 5.79. The van der Waals surface area contributed by atoms with Crippen LogP contribution in [-0.4, -0.2) is 12.5 Å². The molecule has 1 fully saturated rings. The third kappa shape index (κ3) is 1.54. The molecule has 1 amide bonds. The minimum Gasteiger partial charge on any atom is -0.387 e. The molecule has 0 aliphatic carbocycles. The summed E-state index contributed by atoms with van der Waals surface area (Å²) >= 11 is 0. The number of nitrogens with two attached hydrogens (primary N) is 1. The molecule has 1 aliphatic heterocycles. The van der Waals surface area contributed by atoms with Crippen molar-refractivity contribution in [3.05, 3.63) is 11.3 Å². The maximum atomic E-state index is 11.0. The molecular formula is C7H10N4O. The Labute approximate surface area is 70.2 Å². The fraction of sp³-hybridized carbons (Fsp3) is 0.429. The number of nitrogens with zero attached hydrogens (tertiary/aromatic N) is 1.